The highest BCUT2D eigenvalue weighted by Gasteiger charge is 2.16. The molecule has 0 saturated carbocycles. The number of pyridine rings is 1. The second kappa shape index (κ2) is 9.84. The first kappa shape index (κ1) is 21.3. The zero-order chi connectivity index (χ0) is 22.2. The Labute approximate surface area is 178 Å². The summed E-state index contributed by atoms with van der Waals surface area (Å²) in [5, 5.41) is 20.7. The molecular weight excluding hydrogens is 395 g/mol. The Bertz CT molecular complexity index is 1200. The molecule has 3 aromatic rings. The molecule has 154 valence electrons. The van der Waals surface area contributed by atoms with Gasteiger partial charge in [-0.15, -0.1) is 0 Å². The van der Waals surface area contributed by atoms with E-state index in [9.17, 15) is 4.39 Å². The monoisotopic (exact) mass is 414 g/mol. The number of hydrogen-bond donors (Lipinski definition) is 3. The highest BCUT2D eigenvalue weighted by molar-refractivity contribution is 6.12. The van der Waals surface area contributed by atoms with Crippen LogP contribution in [0.15, 0.2) is 71.8 Å². The topological polar surface area (TPSA) is 137 Å². The fourth-order valence-corrected chi connectivity index (χ4v) is 2.69. The molecule has 0 saturated heterocycles. The lowest BCUT2D eigenvalue weighted by Crippen LogP contribution is -2.23. The van der Waals surface area contributed by atoms with Crippen molar-refractivity contribution in [2.24, 2.45) is 10.7 Å². The van der Waals surface area contributed by atoms with Gasteiger partial charge in [0.15, 0.2) is 0 Å². The Kier molecular flexibility index (Phi) is 6.75. The number of para-hydroxylation sites is 1. The molecule has 3 rings (SSSR count). The van der Waals surface area contributed by atoms with Crippen molar-refractivity contribution in [1.29, 1.82) is 10.7 Å². The minimum absolute atomic E-state index is 0.0608. The fraction of sp³-hybridized carbons (Fsp3) is 0.0909. The van der Waals surface area contributed by atoms with Crippen LogP contribution < -0.4 is 11.1 Å². The Morgan fingerprint density at radius 3 is 2.84 bits per heavy atom. The van der Waals surface area contributed by atoms with E-state index in [1.54, 1.807) is 36.4 Å². The van der Waals surface area contributed by atoms with Crippen molar-refractivity contribution < 1.29 is 4.39 Å². The van der Waals surface area contributed by atoms with Gasteiger partial charge < -0.3 is 11.1 Å². The second-order valence-electron chi connectivity index (χ2n) is 6.42. The van der Waals surface area contributed by atoms with Crippen molar-refractivity contribution in [2.45, 2.75) is 13.0 Å². The van der Waals surface area contributed by atoms with E-state index in [1.807, 2.05) is 13.0 Å². The van der Waals surface area contributed by atoms with Gasteiger partial charge in [0.25, 0.3) is 0 Å². The van der Waals surface area contributed by atoms with E-state index in [0.29, 0.717) is 22.6 Å². The number of benzene rings is 1. The first-order valence-corrected chi connectivity index (χ1v) is 9.27. The van der Waals surface area contributed by atoms with Gasteiger partial charge in [-0.1, -0.05) is 18.2 Å². The van der Waals surface area contributed by atoms with E-state index in [1.165, 1.54) is 31.0 Å². The van der Waals surface area contributed by atoms with E-state index in [0.717, 1.165) is 0 Å². The Morgan fingerprint density at radius 1 is 1.29 bits per heavy atom. The van der Waals surface area contributed by atoms with E-state index < -0.39 is 5.82 Å². The van der Waals surface area contributed by atoms with Crippen LogP contribution in [0.25, 0.3) is 0 Å². The summed E-state index contributed by atoms with van der Waals surface area (Å²) in [5.74, 6) is -0.0512. The van der Waals surface area contributed by atoms with Gasteiger partial charge in [-0.05, 0) is 31.2 Å². The van der Waals surface area contributed by atoms with Crippen LogP contribution >= 0.6 is 0 Å². The molecule has 4 N–H and O–H groups in total. The van der Waals surface area contributed by atoms with Gasteiger partial charge in [0.1, 0.15) is 29.7 Å². The molecule has 0 aliphatic heterocycles. The molecule has 0 radical (unpaired) electrons. The molecule has 0 amide bonds. The first-order valence-electron chi connectivity index (χ1n) is 9.27. The average molecular weight is 414 g/mol. The van der Waals surface area contributed by atoms with Crippen molar-refractivity contribution >= 4 is 23.4 Å². The maximum Gasteiger partial charge on any atom is 0.148 e. The minimum Gasteiger partial charge on any atom is -0.404 e. The van der Waals surface area contributed by atoms with Crippen LogP contribution in [-0.4, -0.2) is 32.9 Å². The molecule has 0 aliphatic carbocycles. The average Bonchev–Trinajstić information content (AvgIpc) is 2.80. The van der Waals surface area contributed by atoms with E-state index in [2.05, 4.69) is 25.3 Å². The quantitative estimate of drug-likeness (QED) is 0.507. The van der Waals surface area contributed by atoms with Crippen LogP contribution in [0.3, 0.4) is 0 Å². The number of nitrogens with two attached hydrogens (primary N) is 1. The van der Waals surface area contributed by atoms with Gasteiger partial charge >= 0.3 is 0 Å². The molecule has 1 atom stereocenters. The van der Waals surface area contributed by atoms with E-state index >= 15 is 0 Å². The van der Waals surface area contributed by atoms with Crippen LogP contribution in [0.2, 0.25) is 0 Å². The SMILES string of the molecule is CC(Nc1ncncc1C(=N)c1cccc(C#N)n1)/C(C=Nc1ccccc1F)=C/N. The Hall–Kier alpha value is -4.45. The normalized spacial score (nSPS) is 12.4. The van der Waals surface area contributed by atoms with Crippen LogP contribution in [0.4, 0.5) is 15.9 Å². The Morgan fingerprint density at radius 2 is 2.10 bits per heavy atom. The summed E-state index contributed by atoms with van der Waals surface area (Å²) in [4.78, 5) is 16.5. The molecule has 31 heavy (non-hydrogen) atoms. The zero-order valence-electron chi connectivity index (χ0n) is 16.6. The van der Waals surface area contributed by atoms with Crippen molar-refractivity contribution in [3.8, 4) is 6.07 Å². The van der Waals surface area contributed by atoms with Gasteiger partial charge in [0.05, 0.1) is 28.7 Å². The molecule has 8 nitrogen and oxygen atoms in total. The van der Waals surface area contributed by atoms with Crippen molar-refractivity contribution in [1.82, 2.24) is 15.0 Å². The van der Waals surface area contributed by atoms with Gasteiger partial charge in [-0.2, -0.15) is 5.26 Å². The van der Waals surface area contributed by atoms with Crippen LogP contribution in [-0.2, 0) is 0 Å². The molecule has 1 aromatic carbocycles. The van der Waals surface area contributed by atoms with Gasteiger partial charge in [0, 0.05) is 24.2 Å². The summed E-state index contributed by atoms with van der Waals surface area (Å²) >= 11 is 0. The number of aliphatic imine (C=N–C) groups is 1. The maximum absolute atomic E-state index is 13.8. The zero-order valence-corrected chi connectivity index (χ0v) is 16.6. The number of nitriles is 1. The predicted molar refractivity (Wildman–Crippen MR) is 117 cm³/mol. The van der Waals surface area contributed by atoms with Crippen molar-refractivity contribution in [3.05, 3.63) is 89.5 Å². The van der Waals surface area contributed by atoms with Gasteiger partial charge in [-0.3, -0.25) is 10.4 Å². The van der Waals surface area contributed by atoms with Crippen LogP contribution in [0, 0.1) is 22.6 Å². The molecule has 0 aliphatic rings. The first-order chi connectivity index (χ1) is 15.0. The molecule has 0 fully saturated rings. The second-order valence-corrected chi connectivity index (χ2v) is 6.42. The number of hydrogen-bond acceptors (Lipinski definition) is 8. The van der Waals surface area contributed by atoms with Crippen LogP contribution in [0.5, 0.6) is 0 Å². The van der Waals surface area contributed by atoms with Crippen molar-refractivity contribution in [2.75, 3.05) is 5.32 Å². The van der Waals surface area contributed by atoms with Gasteiger partial charge in [-0.25, -0.2) is 19.3 Å². The lowest BCUT2D eigenvalue weighted by atomic mass is 10.1. The molecule has 0 spiro atoms. The number of nitrogens with zero attached hydrogens (tertiary/aromatic N) is 5. The molecule has 1 unspecified atom stereocenters. The maximum atomic E-state index is 13.8. The molecule has 9 heteroatoms. The molecule has 2 heterocycles. The number of anilines is 1. The lowest BCUT2D eigenvalue weighted by Gasteiger charge is -2.17. The summed E-state index contributed by atoms with van der Waals surface area (Å²) in [6.07, 6.45) is 5.68. The standard InChI is InChI=1S/C22H19FN8/c1-14(15(9-24)11-28-19-7-3-2-6-18(19)23)30-22-17(12-27-13-29-22)21(26)20-8-4-5-16(10-25)31-20/h2-9,11-14,26H,24H2,1H3,(H,27,29,30)/b15-9+,26-21?,28-11?. The van der Waals surface area contributed by atoms with Gasteiger partial charge in [0.2, 0.25) is 0 Å². The smallest absolute Gasteiger partial charge is 0.148 e. The van der Waals surface area contributed by atoms with Crippen LogP contribution in [0.1, 0.15) is 23.9 Å². The number of rotatable bonds is 7. The molecular formula is C22H19FN8. The summed E-state index contributed by atoms with van der Waals surface area (Å²) in [7, 11) is 0. The summed E-state index contributed by atoms with van der Waals surface area (Å²) < 4.78 is 13.8. The molecule has 0 bridgehead atoms. The highest BCUT2D eigenvalue weighted by Crippen LogP contribution is 2.19. The summed E-state index contributed by atoms with van der Waals surface area (Å²) in [6, 6.07) is 12.6. The largest absolute Gasteiger partial charge is 0.404 e. The third-order valence-corrected chi connectivity index (χ3v) is 4.35. The minimum atomic E-state index is -0.436. The fourth-order valence-electron chi connectivity index (χ4n) is 2.69. The van der Waals surface area contributed by atoms with E-state index in [-0.39, 0.29) is 23.1 Å². The molecule has 2 aromatic heterocycles. The predicted octanol–water partition coefficient (Wildman–Crippen LogP) is 3.34. The number of halogens is 1. The third-order valence-electron chi connectivity index (χ3n) is 4.35. The Balaban J connectivity index is 1.83. The summed E-state index contributed by atoms with van der Waals surface area (Å²) in [6.45, 7) is 1.83. The third kappa shape index (κ3) is 5.13. The summed E-state index contributed by atoms with van der Waals surface area (Å²) in [5.41, 5.74) is 7.52. The number of aromatic nitrogens is 3. The van der Waals surface area contributed by atoms with Crippen molar-refractivity contribution in [3.63, 3.8) is 0 Å². The lowest BCUT2D eigenvalue weighted by molar-refractivity contribution is 0.630. The number of nitrogens with one attached hydrogen (secondary N) is 2. The van der Waals surface area contributed by atoms with E-state index in [4.69, 9.17) is 16.4 Å². The highest BCUT2D eigenvalue weighted by atomic mass is 19.1.